The highest BCUT2D eigenvalue weighted by Crippen LogP contribution is 2.20. The van der Waals surface area contributed by atoms with E-state index in [-0.39, 0.29) is 10.8 Å². The van der Waals surface area contributed by atoms with Crippen molar-refractivity contribution in [1.29, 1.82) is 0 Å². The number of benzene rings is 2. The van der Waals surface area contributed by atoms with Gasteiger partial charge in [-0.25, -0.2) is 8.42 Å². The van der Waals surface area contributed by atoms with Gasteiger partial charge in [-0.1, -0.05) is 13.0 Å². The first-order valence-corrected chi connectivity index (χ1v) is 11.7. The molecule has 0 saturated carbocycles. The van der Waals surface area contributed by atoms with Crippen LogP contribution in [0.4, 0.5) is 5.69 Å². The lowest BCUT2D eigenvalue weighted by Gasteiger charge is -2.26. The summed E-state index contributed by atoms with van der Waals surface area (Å²) in [7, 11) is -2.27. The number of hydrogen-bond donors (Lipinski definition) is 2. The number of ether oxygens (including phenoxy) is 1. The Balaban J connectivity index is 1.66. The van der Waals surface area contributed by atoms with Crippen LogP contribution in [0.2, 0.25) is 0 Å². The number of carbonyl (C=O) groups is 1. The van der Waals surface area contributed by atoms with Crippen molar-refractivity contribution in [1.82, 2.24) is 10.2 Å². The van der Waals surface area contributed by atoms with Crippen molar-refractivity contribution < 1.29 is 17.9 Å². The molecule has 2 N–H and O–H groups in total. The van der Waals surface area contributed by atoms with Gasteiger partial charge in [0.25, 0.3) is 15.9 Å². The summed E-state index contributed by atoms with van der Waals surface area (Å²) < 4.78 is 33.1. The predicted molar refractivity (Wildman–Crippen MR) is 117 cm³/mol. The molecule has 0 spiro atoms. The zero-order valence-electron chi connectivity index (χ0n) is 17.4. The predicted octanol–water partition coefficient (Wildman–Crippen LogP) is 3.10. The lowest BCUT2D eigenvalue weighted by atomic mass is 10.1. The molecule has 8 heteroatoms. The molecule has 1 atom stereocenters. The second kappa shape index (κ2) is 9.95. The van der Waals surface area contributed by atoms with E-state index in [2.05, 4.69) is 21.9 Å². The molecule has 0 bridgehead atoms. The molecule has 1 unspecified atom stereocenters. The molecule has 2 aromatic carbocycles. The lowest BCUT2D eigenvalue weighted by molar-refractivity contribution is 0.0937. The van der Waals surface area contributed by atoms with E-state index in [0.29, 0.717) is 29.6 Å². The molecule has 1 fully saturated rings. The third-order valence-electron chi connectivity index (χ3n) is 5.38. The Kier molecular flexibility index (Phi) is 7.33. The number of sulfonamides is 1. The quantitative estimate of drug-likeness (QED) is 0.637. The summed E-state index contributed by atoms with van der Waals surface area (Å²) in [6, 6.07) is 13.0. The number of hydrogen-bond acceptors (Lipinski definition) is 5. The highest BCUT2D eigenvalue weighted by atomic mass is 32.2. The van der Waals surface area contributed by atoms with Crippen molar-refractivity contribution in [2.45, 2.75) is 37.1 Å². The minimum Gasteiger partial charge on any atom is -0.497 e. The molecule has 30 heavy (non-hydrogen) atoms. The minimum atomic E-state index is -3.82. The number of nitrogens with zero attached hydrogens (tertiary/aromatic N) is 1. The maximum atomic E-state index is 12.7. The summed E-state index contributed by atoms with van der Waals surface area (Å²) >= 11 is 0. The number of rotatable bonds is 9. The molecule has 2 aromatic rings. The van der Waals surface area contributed by atoms with E-state index >= 15 is 0 Å². The highest BCUT2D eigenvalue weighted by Gasteiger charge is 2.22. The van der Waals surface area contributed by atoms with Gasteiger partial charge in [0.1, 0.15) is 5.75 Å². The van der Waals surface area contributed by atoms with Crippen LogP contribution in [-0.2, 0) is 10.0 Å². The summed E-state index contributed by atoms with van der Waals surface area (Å²) in [5, 5.41) is 2.96. The van der Waals surface area contributed by atoms with Crippen molar-refractivity contribution in [2.24, 2.45) is 0 Å². The molecule has 1 heterocycles. The van der Waals surface area contributed by atoms with Crippen molar-refractivity contribution in [2.75, 3.05) is 31.5 Å². The van der Waals surface area contributed by atoms with Gasteiger partial charge in [-0.2, -0.15) is 0 Å². The van der Waals surface area contributed by atoms with Crippen LogP contribution in [0, 0.1) is 0 Å². The molecule has 162 valence electrons. The van der Waals surface area contributed by atoms with Crippen molar-refractivity contribution in [3.05, 3.63) is 54.1 Å². The van der Waals surface area contributed by atoms with Gasteiger partial charge in [-0.15, -0.1) is 0 Å². The molecule has 1 aliphatic rings. The standard InChI is InChI=1S/C22H29N3O4S/c1-3-19(25-13-4-5-14-25)16-23-22(26)17-7-6-8-21(15-17)30(27,28)24-18-9-11-20(29-2)12-10-18/h6-12,15,19,24H,3-5,13-14,16H2,1-2H3,(H,23,26). The first-order chi connectivity index (χ1) is 14.4. The lowest BCUT2D eigenvalue weighted by Crippen LogP contribution is -2.42. The Bertz CT molecular complexity index is 955. The summed E-state index contributed by atoms with van der Waals surface area (Å²) in [4.78, 5) is 15.1. The SMILES string of the molecule is CCC(CNC(=O)c1cccc(S(=O)(=O)Nc2ccc(OC)cc2)c1)N1CCCC1. The summed E-state index contributed by atoms with van der Waals surface area (Å²) in [5.41, 5.74) is 0.742. The van der Waals surface area contributed by atoms with Gasteiger partial charge < -0.3 is 10.1 Å². The topological polar surface area (TPSA) is 87.7 Å². The van der Waals surface area contributed by atoms with Crippen LogP contribution >= 0.6 is 0 Å². The first kappa shape index (κ1) is 22.1. The zero-order valence-corrected chi connectivity index (χ0v) is 18.2. The summed E-state index contributed by atoms with van der Waals surface area (Å²) in [6.45, 7) is 4.81. The molecule has 1 saturated heterocycles. The van der Waals surface area contributed by atoms with E-state index in [4.69, 9.17) is 4.74 Å². The second-order valence-corrected chi connectivity index (χ2v) is 9.06. The number of methoxy groups -OCH3 is 1. The number of carbonyl (C=O) groups excluding carboxylic acids is 1. The molecule has 0 aromatic heterocycles. The first-order valence-electron chi connectivity index (χ1n) is 10.2. The molecule has 3 rings (SSSR count). The Morgan fingerprint density at radius 3 is 2.47 bits per heavy atom. The fourth-order valence-corrected chi connectivity index (χ4v) is 4.73. The molecule has 0 aliphatic carbocycles. The smallest absolute Gasteiger partial charge is 0.261 e. The van der Waals surface area contributed by atoms with E-state index in [9.17, 15) is 13.2 Å². The van der Waals surface area contributed by atoms with Gasteiger partial charge in [-0.3, -0.25) is 14.4 Å². The van der Waals surface area contributed by atoms with Crippen LogP contribution in [-0.4, -0.2) is 52.0 Å². The van der Waals surface area contributed by atoms with Crippen molar-refractivity contribution in [3.63, 3.8) is 0 Å². The third kappa shape index (κ3) is 5.52. The van der Waals surface area contributed by atoms with Crippen LogP contribution in [0.15, 0.2) is 53.4 Å². The molecule has 1 amide bonds. The zero-order chi connectivity index (χ0) is 21.6. The fraction of sp³-hybridized carbons (Fsp3) is 0.409. The Hall–Kier alpha value is -2.58. The van der Waals surface area contributed by atoms with Crippen LogP contribution in [0.1, 0.15) is 36.5 Å². The van der Waals surface area contributed by atoms with Gasteiger partial charge in [0.05, 0.1) is 12.0 Å². The van der Waals surface area contributed by atoms with Crippen molar-refractivity contribution in [3.8, 4) is 5.75 Å². The average Bonchev–Trinajstić information content (AvgIpc) is 3.29. The molecule has 1 aliphatic heterocycles. The number of likely N-dealkylation sites (tertiary alicyclic amines) is 1. The normalized spacial score (nSPS) is 15.5. The van der Waals surface area contributed by atoms with Crippen LogP contribution in [0.25, 0.3) is 0 Å². The summed E-state index contributed by atoms with van der Waals surface area (Å²) in [5.74, 6) is 0.366. The van der Waals surface area contributed by atoms with E-state index in [1.54, 1.807) is 43.5 Å². The molecule has 7 nitrogen and oxygen atoms in total. The second-order valence-electron chi connectivity index (χ2n) is 7.38. The molecular formula is C22H29N3O4S. The largest absolute Gasteiger partial charge is 0.497 e. The van der Waals surface area contributed by atoms with E-state index in [1.165, 1.54) is 25.0 Å². The van der Waals surface area contributed by atoms with Gasteiger partial charge in [0, 0.05) is 23.8 Å². The highest BCUT2D eigenvalue weighted by molar-refractivity contribution is 7.92. The Labute approximate surface area is 178 Å². The Morgan fingerprint density at radius 1 is 1.13 bits per heavy atom. The van der Waals surface area contributed by atoms with E-state index in [0.717, 1.165) is 19.5 Å². The van der Waals surface area contributed by atoms with Crippen LogP contribution < -0.4 is 14.8 Å². The van der Waals surface area contributed by atoms with Gasteiger partial charge in [-0.05, 0) is 74.8 Å². The van der Waals surface area contributed by atoms with E-state index in [1.807, 2.05) is 0 Å². The Morgan fingerprint density at radius 2 is 1.83 bits per heavy atom. The van der Waals surface area contributed by atoms with E-state index < -0.39 is 10.0 Å². The maximum Gasteiger partial charge on any atom is 0.261 e. The monoisotopic (exact) mass is 431 g/mol. The molecule has 0 radical (unpaired) electrons. The van der Waals surface area contributed by atoms with Crippen molar-refractivity contribution >= 4 is 21.6 Å². The van der Waals surface area contributed by atoms with Crippen LogP contribution in [0.3, 0.4) is 0 Å². The number of anilines is 1. The third-order valence-corrected chi connectivity index (χ3v) is 6.75. The fourth-order valence-electron chi connectivity index (χ4n) is 3.63. The molecular weight excluding hydrogens is 402 g/mol. The van der Waals surface area contributed by atoms with Crippen LogP contribution in [0.5, 0.6) is 5.75 Å². The maximum absolute atomic E-state index is 12.7. The average molecular weight is 432 g/mol. The summed E-state index contributed by atoms with van der Waals surface area (Å²) in [6.07, 6.45) is 3.36. The number of nitrogens with one attached hydrogen (secondary N) is 2. The van der Waals surface area contributed by atoms with Gasteiger partial charge >= 0.3 is 0 Å². The van der Waals surface area contributed by atoms with Gasteiger partial charge in [0.2, 0.25) is 0 Å². The minimum absolute atomic E-state index is 0.0394. The van der Waals surface area contributed by atoms with Gasteiger partial charge in [0.15, 0.2) is 0 Å². The number of amides is 1.